The number of hydrogen-bond acceptors (Lipinski definition) is 1. The van der Waals surface area contributed by atoms with Gasteiger partial charge in [0, 0.05) is 13.6 Å². The van der Waals surface area contributed by atoms with Crippen LogP contribution in [0.4, 0.5) is 9.18 Å². The van der Waals surface area contributed by atoms with Crippen molar-refractivity contribution in [1.29, 1.82) is 0 Å². The first-order chi connectivity index (χ1) is 7.00. The summed E-state index contributed by atoms with van der Waals surface area (Å²) in [5, 5.41) is -0.256. The minimum atomic E-state index is -0.256. The van der Waals surface area contributed by atoms with Gasteiger partial charge in [-0.3, -0.25) is 4.79 Å². The first kappa shape index (κ1) is 12.0. The van der Waals surface area contributed by atoms with Gasteiger partial charge in [0.1, 0.15) is 5.82 Å². The largest absolute Gasteiger partial charge is 0.337 e. The second-order valence-corrected chi connectivity index (χ2v) is 3.92. The molecule has 1 amide bonds. The zero-order valence-electron chi connectivity index (χ0n) is 8.83. The fraction of sp³-hybridized carbons (Fsp3) is 0.364. The summed E-state index contributed by atoms with van der Waals surface area (Å²) >= 11 is 3.70. The molecule has 15 heavy (non-hydrogen) atoms. The summed E-state index contributed by atoms with van der Waals surface area (Å²) in [5.74, 6) is -0.197. The zero-order chi connectivity index (χ0) is 11.4. The third-order valence-electron chi connectivity index (χ3n) is 2.28. The lowest BCUT2D eigenvalue weighted by molar-refractivity contribution is 0.234. The van der Waals surface area contributed by atoms with Gasteiger partial charge in [-0.25, -0.2) is 4.39 Å². The minimum Gasteiger partial charge on any atom is -0.337 e. The Bertz CT molecular complexity index is 368. The number of hydrogen-bond donors (Lipinski definition) is 1. The summed E-state index contributed by atoms with van der Waals surface area (Å²) in [5.41, 5.74) is 1.66. The van der Waals surface area contributed by atoms with Crippen molar-refractivity contribution in [2.45, 2.75) is 13.3 Å². The Morgan fingerprint density at radius 2 is 2.20 bits per heavy atom. The monoisotopic (exact) mass is 227 g/mol. The molecule has 0 heterocycles. The van der Waals surface area contributed by atoms with E-state index in [-0.39, 0.29) is 11.1 Å². The van der Waals surface area contributed by atoms with E-state index in [2.05, 4.69) is 12.6 Å². The van der Waals surface area contributed by atoms with E-state index in [1.54, 1.807) is 26.1 Å². The number of aryl methyl sites for hydroxylation is 1. The van der Waals surface area contributed by atoms with Gasteiger partial charge in [0.25, 0.3) is 5.24 Å². The molecule has 0 spiro atoms. The topological polar surface area (TPSA) is 20.3 Å². The Balaban J connectivity index is 2.58. The second kappa shape index (κ2) is 5.16. The highest BCUT2D eigenvalue weighted by Gasteiger charge is 2.04. The molecule has 4 heteroatoms. The number of carbonyl (C=O) groups excluding carboxylic acids is 1. The van der Waals surface area contributed by atoms with Gasteiger partial charge in [-0.1, -0.05) is 24.8 Å². The minimum absolute atomic E-state index is 0.197. The number of carbonyl (C=O) groups is 1. The highest BCUT2D eigenvalue weighted by molar-refractivity contribution is 7.96. The molecule has 0 aromatic heterocycles. The van der Waals surface area contributed by atoms with E-state index in [1.807, 2.05) is 0 Å². The number of amides is 1. The molecule has 0 aliphatic heterocycles. The average molecular weight is 227 g/mol. The van der Waals surface area contributed by atoms with Gasteiger partial charge >= 0.3 is 0 Å². The summed E-state index contributed by atoms with van der Waals surface area (Å²) < 4.78 is 12.9. The van der Waals surface area contributed by atoms with Gasteiger partial charge in [0.05, 0.1) is 0 Å². The van der Waals surface area contributed by atoms with E-state index >= 15 is 0 Å². The lowest BCUT2D eigenvalue weighted by atomic mass is 10.1. The van der Waals surface area contributed by atoms with Crippen LogP contribution in [0.2, 0.25) is 0 Å². The van der Waals surface area contributed by atoms with Gasteiger partial charge in [0.2, 0.25) is 0 Å². The molecule has 0 fully saturated rings. The number of nitrogens with zero attached hydrogens (tertiary/aromatic N) is 1. The molecule has 0 aliphatic carbocycles. The number of likely N-dealkylation sites (N-methyl/N-ethyl adjacent to an activating group) is 1. The Morgan fingerprint density at radius 1 is 1.53 bits per heavy atom. The smallest absolute Gasteiger partial charge is 0.278 e. The molecule has 0 N–H and O–H groups in total. The summed E-state index contributed by atoms with van der Waals surface area (Å²) in [6.45, 7) is 2.32. The summed E-state index contributed by atoms with van der Waals surface area (Å²) in [7, 11) is 1.69. The third kappa shape index (κ3) is 3.55. The lowest BCUT2D eigenvalue weighted by Gasteiger charge is -2.13. The molecule has 0 atom stereocenters. The average Bonchev–Trinajstić information content (AvgIpc) is 2.19. The van der Waals surface area contributed by atoms with Crippen LogP contribution >= 0.6 is 12.6 Å². The molecular formula is C11H14FNOS. The predicted octanol–water partition coefficient (Wildman–Crippen LogP) is 2.66. The molecule has 2 nitrogen and oxygen atoms in total. The third-order valence-corrected chi connectivity index (χ3v) is 2.63. The summed E-state index contributed by atoms with van der Waals surface area (Å²) in [4.78, 5) is 12.3. The maximum absolute atomic E-state index is 12.9. The van der Waals surface area contributed by atoms with Crippen molar-refractivity contribution in [3.63, 3.8) is 0 Å². The van der Waals surface area contributed by atoms with Crippen LogP contribution in [0.3, 0.4) is 0 Å². The second-order valence-electron chi connectivity index (χ2n) is 3.54. The van der Waals surface area contributed by atoms with Gasteiger partial charge in [-0.2, -0.15) is 0 Å². The van der Waals surface area contributed by atoms with Crippen LogP contribution < -0.4 is 0 Å². The first-order valence-electron chi connectivity index (χ1n) is 4.70. The van der Waals surface area contributed by atoms with Crippen molar-refractivity contribution in [3.05, 3.63) is 35.1 Å². The van der Waals surface area contributed by atoms with Crippen LogP contribution in [0, 0.1) is 12.7 Å². The van der Waals surface area contributed by atoms with Crippen molar-refractivity contribution >= 4 is 17.9 Å². The molecule has 82 valence electrons. The van der Waals surface area contributed by atoms with Crippen molar-refractivity contribution in [3.8, 4) is 0 Å². The molecule has 0 saturated heterocycles. The van der Waals surface area contributed by atoms with Crippen LogP contribution in [0.1, 0.15) is 11.1 Å². The molecule has 0 saturated carbocycles. The Hall–Kier alpha value is -1.03. The highest BCUT2D eigenvalue weighted by Crippen LogP contribution is 2.10. The fourth-order valence-electron chi connectivity index (χ4n) is 1.25. The van der Waals surface area contributed by atoms with E-state index in [9.17, 15) is 9.18 Å². The number of halogens is 1. The Kier molecular flexibility index (Phi) is 4.15. The quantitative estimate of drug-likeness (QED) is 0.787. The van der Waals surface area contributed by atoms with Crippen molar-refractivity contribution in [2.24, 2.45) is 0 Å². The van der Waals surface area contributed by atoms with E-state index < -0.39 is 0 Å². The number of benzene rings is 1. The van der Waals surface area contributed by atoms with Gasteiger partial charge in [-0.05, 0) is 30.5 Å². The molecule has 0 bridgehead atoms. The normalized spacial score (nSPS) is 10.1. The van der Waals surface area contributed by atoms with E-state index in [0.717, 1.165) is 5.56 Å². The van der Waals surface area contributed by atoms with Gasteiger partial charge in [-0.15, -0.1) is 0 Å². The molecule has 1 aromatic carbocycles. The van der Waals surface area contributed by atoms with Crippen LogP contribution in [-0.2, 0) is 6.42 Å². The molecule has 0 aliphatic rings. The van der Waals surface area contributed by atoms with Crippen LogP contribution in [0.15, 0.2) is 18.2 Å². The molecular weight excluding hydrogens is 213 g/mol. The highest BCUT2D eigenvalue weighted by atomic mass is 32.1. The van der Waals surface area contributed by atoms with Crippen molar-refractivity contribution in [2.75, 3.05) is 13.6 Å². The van der Waals surface area contributed by atoms with Crippen molar-refractivity contribution < 1.29 is 9.18 Å². The molecule has 0 unspecified atom stereocenters. The summed E-state index contributed by atoms with van der Waals surface area (Å²) in [6, 6.07) is 4.98. The van der Waals surface area contributed by atoms with Crippen molar-refractivity contribution in [1.82, 2.24) is 4.90 Å². The number of thiol groups is 1. The van der Waals surface area contributed by atoms with E-state index in [4.69, 9.17) is 0 Å². The predicted molar refractivity (Wildman–Crippen MR) is 61.9 cm³/mol. The van der Waals surface area contributed by atoms with Crippen LogP contribution in [0.5, 0.6) is 0 Å². The first-order valence-corrected chi connectivity index (χ1v) is 5.14. The SMILES string of the molecule is Cc1cc(CCN(C)C(=O)S)ccc1F. The van der Waals surface area contributed by atoms with E-state index in [1.165, 1.54) is 11.0 Å². The molecule has 0 radical (unpaired) electrons. The molecule has 1 aromatic rings. The maximum atomic E-state index is 12.9. The maximum Gasteiger partial charge on any atom is 0.278 e. The Labute approximate surface area is 94.5 Å². The van der Waals surface area contributed by atoms with Crippen LogP contribution in [0.25, 0.3) is 0 Å². The number of rotatable bonds is 3. The standard InChI is InChI=1S/C11H14FNOS/c1-8-7-9(3-4-10(8)12)5-6-13(2)11(14)15/h3-4,7H,5-6H2,1-2H3,(H,14,15). The zero-order valence-corrected chi connectivity index (χ0v) is 9.72. The Morgan fingerprint density at radius 3 is 2.73 bits per heavy atom. The van der Waals surface area contributed by atoms with Gasteiger partial charge in [0.15, 0.2) is 0 Å². The lowest BCUT2D eigenvalue weighted by Crippen LogP contribution is -2.23. The molecule has 1 rings (SSSR count). The summed E-state index contributed by atoms with van der Waals surface area (Å²) in [6.07, 6.45) is 0.712. The van der Waals surface area contributed by atoms with Gasteiger partial charge < -0.3 is 4.90 Å². The van der Waals surface area contributed by atoms with E-state index in [0.29, 0.717) is 18.5 Å². The fourth-order valence-corrected chi connectivity index (χ4v) is 1.35. The van der Waals surface area contributed by atoms with Crippen LogP contribution in [-0.4, -0.2) is 23.7 Å².